The van der Waals surface area contributed by atoms with Crippen molar-refractivity contribution < 1.29 is 9.90 Å². The van der Waals surface area contributed by atoms with Gasteiger partial charge in [0.2, 0.25) is 0 Å². The van der Waals surface area contributed by atoms with Crippen molar-refractivity contribution >= 4 is 29.3 Å². The average Bonchev–Trinajstić information content (AvgIpc) is 2.96. The number of rotatable bonds is 3. The second kappa shape index (κ2) is 6.78. The minimum Gasteiger partial charge on any atom is -0.465 e. The topological polar surface area (TPSA) is 61.6 Å². The van der Waals surface area contributed by atoms with Crippen molar-refractivity contribution in [3.63, 3.8) is 0 Å². The predicted octanol–water partition coefficient (Wildman–Crippen LogP) is 2.97. The number of carboxylic acid groups (broad SMARTS) is 1. The molecule has 0 saturated carbocycles. The number of nitrogens with zero attached hydrogens (tertiary/aromatic N) is 4. The molecular formula is C15H16Cl2N4O2. The van der Waals surface area contributed by atoms with Gasteiger partial charge in [0.1, 0.15) is 0 Å². The zero-order valence-electron chi connectivity index (χ0n) is 12.3. The van der Waals surface area contributed by atoms with Crippen molar-refractivity contribution in [2.75, 3.05) is 26.2 Å². The van der Waals surface area contributed by atoms with Gasteiger partial charge in [0.15, 0.2) is 0 Å². The third-order valence-electron chi connectivity index (χ3n) is 3.88. The molecule has 1 aromatic heterocycles. The number of aromatic nitrogens is 2. The molecule has 1 aliphatic heterocycles. The van der Waals surface area contributed by atoms with Gasteiger partial charge in [-0.15, -0.1) is 0 Å². The number of amides is 1. The molecule has 0 radical (unpaired) electrons. The minimum atomic E-state index is -0.858. The van der Waals surface area contributed by atoms with E-state index in [0.717, 1.165) is 11.3 Å². The van der Waals surface area contributed by atoms with Gasteiger partial charge in [0.25, 0.3) is 0 Å². The lowest BCUT2D eigenvalue weighted by molar-refractivity contribution is 0.103. The smallest absolute Gasteiger partial charge is 0.407 e. The summed E-state index contributed by atoms with van der Waals surface area (Å²) >= 11 is 12.1. The summed E-state index contributed by atoms with van der Waals surface area (Å²) in [5, 5.41) is 14.4. The second-order valence-corrected chi connectivity index (χ2v) is 6.29. The van der Waals surface area contributed by atoms with Crippen LogP contribution >= 0.6 is 23.2 Å². The van der Waals surface area contributed by atoms with E-state index in [0.29, 0.717) is 42.8 Å². The Morgan fingerprint density at radius 1 is 1.17 bits per heavy atom. The van der Waals surface area contributed by atoms with Crippen LogP contribution < -0.4 is 0 Å². The predicted molar refractivity (Wildman–Crippen MR) is 88.5 cm³/mol. The summed E-state index contributed by atoms with van der Waals surface area (Å²) in [7, 11) is 0. The van der Waals surface area contributed by atoms with Crippen molar-refractivity contribution in [3.05, 3.63) is 46.2 Å². The summed E-state index contributed by atoms with van der Waals surface area (Å²) in [6.07, 6.45) is 2.46. The molecule has 6 nitrogen and oxygen atoms in total. The van der Waals surface area contributed by atoms with Crippen LogP contribution in [0.15, 0.2) is 30.6 Å². The van der Waals surface area contributed by atoms with E-state index in [9.17, 15) is 4.79 Å². The van der Waals surface area contributed by atoms with E-state index >= 15 is 0 Å². The van der Waals surface area contributed by atoms with Crippen LogP contribution in [0.3, 0.4) is 0 Å². The van der Waals surface area contributed by atoms with Crippen molar-refractivity contribution in [1.29, 1.82) is 0 Å². The lowest BCUT2D eigenvalue weighted by Crippen LogP contribution is -2.47. The van der Waals surface area contributed by atoms with E-state index in [1.54, 1.807) is 17.1 Å². The largest absolute Gasteiger partial charge is 0.465 e. The third-order valence-corrected chi connectivity index (χ3v) is 4.31. The molecular weight excluding hydrogens is 339 g/mol. The maximum absolute atomic E-state index is 11.0. The molecule has 23 heavy (non-hydrogen) atoms. The molecule has 1 N–H and O–H groups in total. The van der Waals surface area contributed by atoms with Gasteiger partial charge in [-0.3, -0.25) is 4.90 Å². The Balaban J connectivity index is 1.77. The summed E-state index contributed by atoms with van der Waals surface area (Å²) in [6.45, 7) is 3.15. The van der Waals surface area contributed by atoms with Crippen LogP contribution in [-0.4, -0.2) is 57.0 Å². The van der Waals surface area contributed by atoms with Gasteiger partial charge in [-0.25, -0.2) is 9.48 Å². The SMILES string of the molecule is O=C(O)N1CCN(Cc2ccc(Cl)cc2-n2cc(Cl)cn2)CC1. The number of piperazine rings is 1. The molecule has 1 aromatic carbocycles. The zero-order chi connectivity index (χ0) is 16.4. The average molecular weight is 355 g/mol. The van der Waals surface area contributed by atoms with E-state index in [2.05, 4.69) is 10.00 Å². The summed E-state index contributed by atoms with van der Waals surface area (Å²) in [5.41, 5.74) is 1.95. The molecule has 0 aliphatic carbocycles. The lowest BCUT2D eigenvalue weighted by Gasteiger charge is -2.33. The van der Waals surface area contributed by atoms with Gasteiger partial charge in [-0.1, -0.05) is 29.3 Å². The highest BCUT2D eigenvalue weighted by molar-refractivity contribution is 6.31. The Kier molecular flexibility index (Phi) is 4.75. The fourth-order valence-corrected chi connectivity index (χ4v) is 2.96. The highest BCUT2D eigenvalue weighted by atomic mass is 35.5. The van der Waals surface area contributed by atoms with Gasteiger partial charge in [0, 0.05) is 43.9 Å². The highest BCUT2D eigenvalue weighted by Crippen LogP contribution is 2.23. The minimum absolute atomic E-state index is 0.520. The van der Waals surface area contributed by atoms with Crippen molar-refractivity contribution in [1.82, 2.24) is 19.6 Å². The molecule has 1 saturated heterocycles. The molecule has 2 heterocycles. The van der Waals surface area contributed by atoms with Crippen LogP contribution in [0.5, 0.6) is 0 Å². The van der Waals surface area contributed by atoms with Gasteiger partial charge < -0.3 is 10.0 Å². The van der Waals surface area contributed by atoms with E-state index in [1.165, 1.54) is 4.90 Å². The monoisotopic (exact) mass is 354 g/mol. The van der Waals surface area contributed by atoms with Crippen LogP contribution in [0.25, 0.3) is 5.69 Å². The number of benzene rings is 1. The molecule has 0 unspecified atom stereocenters. The van der Waals surface area contributed by atoms with Crippen LogP contribution in [0.1, 0.15) is 5.56 Å². The lowest BCUT2D eigenvalue weighted by atomic mass is 10.1. The number of carbonyl (C=O) groups is 1. The van der Waals surface area contributed by atoms with Crippen LogP contribution in [-0.2, 0) is 6.54 Å². The quantitative estimate of drug-likeness (QED) is 0.920. The summed E-state index contributed by atoms with van der Waals surface area (Å²) in [4.78, 5) is 14.6. The molecule has 0 spiro atoms. The Morgan fingerprint density at radius 3 is 2.52 bits per heavy atom. The summed E-state index contributed by atoms with van der Waals surface area (Å²) in [5.74, 6) is 0. The van der Waals surface area contributed by atoms with E-state index in [1.807, 2.05) is 18.2 Å². The van der Waals surface area contributed by atoms with Crippen molar-refractivity contribution in [2.45, 2.75) is 6.54 Å². The first-order valence-electron chi connectivity index (χ1n) is 7.22. The molecule has 1 aliphatic rings. The number of hydrogen-bond donors (Lipinski definition) is 1. The third kappa shape index (κ3) is 3.77. The van der Waals surface area contributed by atoms with Gasteiger partial charge in [-0.2, -0.15) is 5.10 Å². The fourth-order valence-electron chi connectivity index (χ4n) is 2.65. The molecule has 122 valence electrons. The first-order valence-corrected chi connectivity index (χ1v) is 7.98. The van der Waals surface area contributed by atoms with E-state index in [4.69, 9.17) is 28.3 Å². The van der Waals surface area contributed by atoms with Gasteiger partial charge in [-0.05, 0) is 17.7 Å². The molecule has 1 fully saturated rings. The molecule has 1 amide bonds. The Morgan fingerprint density at radius 2 is 1.91 bits per heavy atom. The Bertz CT molecular complexity index is 711. The molecule has 0 bridgehead atoms. The zero-order valence-corrected chi connectivity index (χ0v) is 13.8. The van der Waals surface area contributed by atoms with Crippen LogP contribution in [0.4, 0.5) is 4.79 Å². The van der Waals surface area contributed by atoms with Crippen molar-refractivity contribution in [3.8, 4) is 5.69 Å². The Labute approximate surface area is 143 Å². The first kappa shape index (κ1) is 16.1. The normalized spacial score (nSPS) is 15.8. The molecule has 0 atom stereocenters. The van der Waals surface area contributed by atoms with Crippen molar-refractivity contribution in [2.24, 2.45) is 0 Å². The van der Waals surface area contributed by atoms with E-state index in [-0.39, 0.29) is 0 Å². The number of halogens is 2. The summed E-state index contributed by atoms with van der Waals surface area (Å²) < 4.78 is 1.71. The van der Waals surface area contributed by atoms with E-state index < -0.39 is 6.09 Å². The maximum Gasteiger partial charge on any atom is 0.407 e. The second-order valence-electron chi connectivity index (χ2n) is 5.42. The Hall–Kier alpha value is -1.76. The van der Waals surface area contributed by atoms with Gasteiger partial charge in [0.05, 0.1) is 16.9 Å². The molecule has 3 rings (SSSR count). The van der Waals surface area contributed by atoms with Gasteiger partial charge >= 0.3 is 6.09 Å². The highest BCUT2D eigenvalue weighted by Gasteiger charge is 2.21. The molecule has 8 heteroatoms. The fraction of sp³-hybridized carbons (Fsp3) is 0.333. The maximum atomic E-state index is 11.0. The standard InChI is InChI=1S/C15H16Cl2N4O2/c16-12-2-1-11(14(7-12)21-10-13(17)8-18-21)9-19-3-5-20(6-4-19)15(22)23/h1-2,7-8,10H,3-6,9H2,(H,22,23). The number of hydrogen-bond acceptors (Lipinski definition) is 3. The first-order chi connectivity index (χ1) is 11.0. The summed E-state index contributed by atoms with van der Waals surface area (Å²) in [6, 6.07) is 5.67. The van der Waals surface area contributed by atoms with Crippen LogP contribution in [0.2, 0.25) is 10.0 Å². The molecule has 2 aromatic rings. The van der Waals surface area contributed by atoms with Crippen LogP contribution in [0, 0.1) is 0 Å².